The standard InChI is InChI=1S/C14H15N3OS3/c1-9-16-17-14(20-9)19-8-12-7-15-13(21-12)10-3-5-11(18-2)6-4-10/h3-6,12H,7-8H2,1-2H3/t12-/m1/s1. The van der Waals surface area contributed by atoms with Gasteiger partial charge in [-0.25, -0.2) is 0 Å². The van der Waals surface area contributed by atoms with Gasteiger partial charge in [0.05, 0.1) is 18.7 Å². The fraction of sp³-hybridized carbons (Fsp3) is 0.357. The van der Waals surface area contributed by atoms with Crippen LogP contribution in [-0.2, 0) is 0 Å². The summed E-state index contributed by atoms with van der Waals surface area (Å²) in [6.07, 6.45) is 0. The van der Waals surface area contributed by atoms with Crippen LogP contribution in [0, 0.1) is 6.92 Å². The van der Waals surface area contributed by atoms with Crippen molar-refractivity contribution >= 4 is 39.9 Å². The molecule has 1 aromatic heterocycles. The minimum absolute atomic E-state index is 0.510. The van der Waals surface area contributed by atoms with Crippen LogP contribution in [0.5, 0.6) is 5.75 Å². The van der Waals surface area contributed by atoms with E-state index in [0.717, 1.165) is 32.4 Å². The number of nitrogens with zero attached hydrogens (tertiary/aromatic N) is 3. The maximum atomic E-state index is 5.18. The van der Waals surface area contributed by atoms with Crippen LogP contribution in [0.25, 0.3) is 0 Å². The molecule has 0 bridgehead atoms. The highest BCUT2D eigenvalue weighted by molar-refractivity contribution is 8.16. The van der Waals surface area contributed by atoms with Gasteiger partial charge in [-0.3, -0.25) is 4.99 Å². The molecular weight excluding hydrogens is 322 g/mol. The van der Waals surface area contributed by atoms with E-state index in [0.29, 0.717) is 5.25 Å². The average molecular weight is 337 g/mol. The van der Waals surface area contributed by atoms with E-state index in [9.17, 15) is 0 Å². The first-order valence-electron chi connectivity index (χ1n) is 6.53. The van der Waals surface area contributed by atoms with Gasteiger partial charge in [0, 0.05) is 16.6 Å². The summed E-state index contributed by atoms with van der Waals surface area (Å²) in [5, 5.41) is 10.8. The SMILES string of the molecule is COc1ccc(C2=NC[C@H](CSc3nnc(C)s3)S2)cc1. The van der Waals surface area contributed by atoms with E-state index in [-0.39, 0.29) is 0 Å². The first-order chi connectivity index (χ1) is 10.2. The van der Waals surface area contributed by atoms with Crippen molar-refractivity contribution in [2.75, 3.05) is 19.4 Å². The number of aromatic nitrogens is 2. The maximum Gasteiger partial charge on any atom is 0.174 e. The molecule has 1 aromatic carbocycles. The van der Waals surface area contributed by atoms with E-state index in [4.69, 9.17) is 4.74 Å². The van der Waals surface area contributed by atoms with Crippen molar-refractivity contribution in [1.82, 2.24) is 10.2 Å². The summed E-state index contributed by atoms with van der Waals surface area (Å²) in [6.45, 7) is 2.85. The van der Waals surface area contributed by atoms with E-state index in [1.165, 1.54) is 5.56 Å². The van der Waals surface area contributed by atoms with Gasteiger partial charge in [-0.1, -0.05) is 23.1 Å². The summed E-state index contributed by atoms with van der Waals surface area (Å²) in [6, 6.07) is 8.08. The first-order valence-corrected chi connectivity index (χ1v) is 9.21. The van der Waals surface area contributed by atoms with Gasteiger partial charge in [-0.05, 0) is 31.2 Å². The molecule has 3 rings (SSSR count). The predicted molar refractivity (Wildman–Crippen MR) is 91.1 cm³/mol. The van der Waals surface area contributed by atoms with E-state index in [1.54, 1.807) is 30.2 Å². The molecule has 110 valence electrons. The van der Waals surface area contributed by atoms with Crippen molar-refractivity contribution in [1.29, 1.82) is 0 Å². The van der Waals surface area contributed by atoms with E-state index >= 15 is 0 Å². The summed E-state index contributed by atoms with van der Waals surface area (Å²) < 4.78 is 6.23. The van der Waals surface area contributed by atoms with Crippen molar-refractivity contribution in [2.45, 2.75) is 16.5 Å². The van der Waals surface area contributed by atoms with Crippen molar-refractivity contribution in [3.05, 3.63) is 34.8 Å². The molecule has 0 aliphatic carbocycles. The van der Waals surface area contributed by atoms with E-state index < -0.39 is 0 Å². The Bertz CT molecular complexity index is 639. The quantitative estimate of drug-likeness (QED) is 0.781. The predicted octanol–water partition coefficient (Wildman–Crippen LogP) is 3.51. The number of benzene rings is 1. The maximum absolute atomic E-state index is 5.18. The van der Waals surface area contributed by atoms with Crippen LogP contribution in [0.15, 0.2) is 33.6 Å². The van der Waals surface area contributed by atoms with E-state index in [2.05, 4.69) is 27.3 Å². The second-order valence-electron chi connectivity index (χ2n) is 4.51. The molecule has 7 heteroatoms. The lowest BCUT2D eigenvalue weighted by Crippen LogP contribution is -2.06. The van der Waals surface area contributed by atoms with Crippen molar-refractivity contribution in [2.24, 2.45) is 4.99 Å². The monoisotopic (exact) mass is 337 g/mol. The number of aliphatic imine (C=N–C) groups is 1. The molecule has 1 atom stereocenters. The number of rotatable bonds is 5. The third kappa shape index (κ3) is 3.78. The molecule has 0 radical (unpaired) electrons. The van der Waals surface area contributed by atoms with Gasteiger partial charge < -0.3 is 4.74 Å². The van der Waals surface area contributed by atoms with Gasteiger partial charge in [-0.2, -0.15) is 0 Å². The van der Waals surface area contributed by atoms with Gasteiger partial charge in [0.25, 0.3) is 0 Å². The lowest BCUT2D eigenvalue weighted by atomic mass is 10.2. The van der Waals surface area contributed by atoms with E-state index in [1.807, 2.05) is 30.8 Å². The summed E-state index contributed by atoms with van der Waals surface area (Å²) in [5.74, 6) is 1.89. The number of hydrogen-bond acceptors (Lipinski definition) is 7. The summed E-state index contributed by atoms with van der Waals surface area (Å²) >= 11 is 5.27. The highest BCUT2D eigenvalue weighted by Crippen LogP contribution is 2.31. The molecule has 1 aliphatic rings. The molecule has 2 heterocycles. The first kappa shape index (κ1) is 14.9. The Kier molecular flexibility index (Phi) is 4.82. The fourth-order valence-electron chi connectivity index (χ4n) is 1.90. The number of aryl methyl sites for hydroxylation is 1. The minimum atomic E-state index is 0.510. The van der Waals surface area contributed by atoms with Gasteiger partial charge >= 0.3 is 0 Å². The molecule has 2 aromatic rings. The Morgan fingerprint density at radius 1 is 1.29 bits per heavy atom. The molecule has 0 spiro atoms. The zero-order valence-electron chi connectivity index (χ0n) is 11.8. The molecule has 4 nitrogen and oxygen atoms in total. The fourth-order valence-corrected chi connectivity index (χ4v) is 5.01. The van der Waals surface area contributed by atoms with Crippen LogP contribution < -0.4 is 4.74 Å². The average Bonchev–Trinajstić information content (AvgIpc) is 3.14. The molecule has 0 saturated carbocycles. The Morgan fingerprint density at radius 2 is 2.10 bits per heavy atom. The van der Waals surface area contributed by atoms with Crippen LogP contribution in [0.1, 0.15) is 10.6 Å². The molecule has 0 amide bonds. The van der Waals surface area contributed by atoms with Gasteiger partial charge in [-0.15, -0.1) is 22.0 Å². The largest absolute Gasteiger partial charge is 0.497 e. The molecule has 21 heavy (non-hydrogen) atoms. The number of methoxy groups -OCH3 is 1. The Balaban J connectivity index is 1.54. The van der Waals surface area contributed by atoms with Gasteiger partial charge in [0.2, 0.25) is 0 Å². The van der Waals surface area contributed by atoms with Crippen LogP contribution in [0.4, 0.5) is 0 Å². The summed E-state index contributed by atoms with van der Waals surface area (Å²) in [7, 11) is 1.68. The topological polar surface area (TPSA) is 47.4 Å². The van der Waals surface area contributed by atoms with Crippen LogP contribution in [0.3, 0.4) is 0 Å². The highest BCUT2D eigenvalue weighted by Gasteiger charge is 2.21. The smallest absolute Gasteiger partial charge is 0.174 e. The van der Waals surface area contributed by atoms with Crippen molar-refractivity contribution in [3.8, 4) is 5.75 Å². The zero-order valence-corrected chi connectivity index (χ0v) is 14.2. The Labute approximate surface area is 136 Å². The highest BCUT2D eigenvalue weighted by atomic mass is 32.2. The zero-order chi connectivity index (χ0) is 14.7. The normalized spacial score (nSPS) is 17.8. The number of hydrogen-bond donors (Lipinski definition) is 0. The van der Waals surface area contributed by atoms with Crippen LogP contribution >= 0.6 is 34.9 Å². The second-order valence-corrected chi connectivity index (χ2v) is 8.25. The molecule has 0 N–H and O–H groups in total. The lowest BCUT2D eigenvalue weighted by molar-refractivity contribution is 0.415. The summed E-state index contributed by atoms with van der Waals surface area (Å²) in [5.41, 5.74) is 1.17. The summed E-state index contributed by atoms with van der Waals surface area (Å²) in [4.78, 5) is 4.65. The Morgan fingerprint density at radius 3 is 2.76 bits per heavy atom. The molecular formula is C14H15N3OS3. The number of thioether (sulfide) groups is 2. The minimum Gasteiger partial charge on any atom is -0.497 e. The second kappa shape index (κ2) is 6.81. The molecule has 0 fully saturated rings. The number of ether oxygens (including phenoxy) is 1. The van der Waals surface area contributed by atoms with Crippen LogP contribution in [0.2, 0.25) is 0 Å². The van der Waals surface area contributed by atoms with Gasteiger partial charge in [0.1, 0.15) is 10.8 Å². The molecule has 0 unspecified atom stereocenters. The van der Waals surface area contributed by atoms with Crippen molar-refractivity contribution < 1.29 is 4.74 Å². The molecule has 1 aliphatic heterocycles. The Hall–Kier alpha value is -1.05. The third-order valence-corrected chi connectivity index (χ3v) is 6.54. The lowest BCUT2D eigenvalue weighted by Gasteiger charge is -2.06. The third-order valence-electron chi connectivity index (χ3n) is 2.95. The van der Waals surface area contributed by atoms with Crippen molar-refractivity contribution in [3.63, 3.8) is 0 Å². The van der Waals surface area contributed by atoms with Gasteiger partial charge in [0.15, 0.2) is 4.34 Å². The van der Waals surface area contributed by atoms with Crippen LogP contribution in [-0.4, -0.2) is 39.9 Å². The molecule has 0 saturated heterocycles.